The van der Waals surface area contributed by atoms with Gasteiger partial charge in [0.2, 0.25) is 0 Å². The molecule has 0 aliphatic heterocycles. The molecule has 0 saturated heterocycles. The lowest BCUT2D eigenvalue weighted by atomic mass is 9.84. The van der Waals surface area contributed by atoms with Crippen LogP contribution in [0.4, 0.5) is 0 Å². The van der Waals surface area contributed by atoms with E-state index in [2.05, 4.69) is 0 Å². The zero-order chi connectivity index (χ0) is 9.80. The molecule has 2 aliphatic carbocycles. The van der Waals surface area contributed by atoms with Crippen LogP contribution in [0.5, 0.6) is 0 Å². The summed E-state index contributed by atoms with van der Waals surface area (Å²) < 4.78 is 0. The van der Waals surface area contributed by atoms with Crippen LogP contribution in [0.1, 0.15) is 12.8 Å². The fourth-order valence-corrected chi connectivity index (χ4v) is 4.40. The van der Waals surface area contributed by atoms with Gasteiger partial charge in [-0.1, -0.05) is 0 Å². The quantitative estimate of drug-likeness (QED) is 0.593. The van der Waals surface area contributed by atoms with Crippen LogP contribution >= 0.6 is 58.0 Å². The molecule has 0 radical (unpaired) electrons. The Kier molecular flexibility index (Phi) is 2.94. The molecule has 0 aromatic rings. The molecular formula is C8H9Cl5. The van der Waals surface area contributed by atoms with E-state index in [0.29, 0.717) is 0 Å². The van der Waals surface area contributed by atoms with E-state index in [1.54, 1.807) is 0 Å². The number of hydrogen-bond donors (Lipinski definition) is 0. The van der Waals surface area contributed by atoms with E-state index < -0.39 is 0 Å². The standard InChI is InChI=1S/C8H9Cl5/c9-3-4(10)6(12)8(1-2-8)7(13)5(3)11/h3-7H,1-2H2. The van der Waals surface area contributed by atoms with Gasteiger partial charge in [0, 0.05) is 5.41 Å². The van der Waals surface area contributed by atoms with Gasteiger partial charge < -0.3 is 0 Å². The first-order valence-electron chi connectivity index (χ1n) is 4.21. The van der Waals surface area contributed by atoms with Crippen molar-refractivity contribution in [2.45, 2.75) is 39.7 Å². The molecule has 0 aromatic heterocycles. The van der Waals surface area contributed by atoms with Gasteiger partial charge in [-0.3, -0.25) is 0 Å². The van der Waals surface area contributed by atoms with Gasteiger partial charge in [-0.15, -0.1) is 58.0 Å². The van der Waals surface area contributed by atoms with E-state index in [1.807, 2.05) is 0 Å². The van der Waals surface area contributed by atoms with E-state index in [0.717, 1.165) is 12.8 Å². The first-order valence-corrected chi connectivity index (χ1v) is 6.39. The lowest BCUT2D eigenvalue weighted by Crippen LogP contribution is -2.52. The molecule has 0 N–H and O–H groups in total. The van der Waals surface area contributed by atoms with Crippen LogP contribution in [0.3, 0.4) is 0 Å². The second-order valence-electron chi connectivity index (χ2n) is 3.87. The van der Waals surface area contributed by atoms with E-state index in [9.17, 15) is 0 Å². The average molecular weight is 282 g/mol. The van der Waals surface area contributed by atoms with Crippen LogP contribution in [0, 0.1) is 5.41 Å². The molecule has 5 heteroatoms. The van der Waals surface area contributed by atoms with Crippen molar-refractivity contribution in [3.05, 3.63) is 0 Å². The smallest absolute Gasteiger partial charge is 0.0692 e. The first-order chi connectivity index (χ1) is 6.00. The van der Waals surface area contributed by atoms with E-state index in [4.69, 9.17) is 58.0 Å². The average Bonchev–Trinajstić information content (AvgIpc) is 2.91. The van der Waals surface area contributed by atoms with Gasteiger partial charge in [0.15, 0.2) is 0 Å². The Bertz CT molecular complexity index is 197. The van der Waals surface area contributed by atoms with E-state index in [-0.39, 0.29) is 32.3 Å². The molecule has 4 unspecified atom stereocenters. The highest BCUT2D eigenvalue weighted by Gasteiger charge is 2.63. The summed E-state index contributed by atoms with van der Waals surface area (Å²) in [6.45, 7) is 0. The largest absolute Gasteiger partial charge is 0.121 e. The summed E-state index contributed by atoms with van der Waals surface area (Å²) in [5.41, 5.74) is -0.0483. The Hall–Kier alpha value is 1.45. The molecule has 1 spiro atoms. The first kappa shape index (κ1) is 11.0. The molecule has 76 valence electrons. The highest BCUT2D eigenvalue weighted by atomic mass is 35.5. The Morgan fingerprint density at radius 1 is 0.692 bits per heavy atom. The van der Waals surface area contributed by atoms with Crippen LogP contribution in [0.25, 0.3) is 0 Å². The highest BCUT2D eigenvalue weighted by molar-refractivity contribution is 6.41. The van der Waals surface area contributed by atoms with Crippen molar-refractivity contribution >= 4 is 58.0 Å². The van der Waals surface area contributed by atoms with Crippen LogP contribution in [0.2, 0.25) is 0 Å². The summed E-state index contributed by atoms with van der Waals surface area (Å²) in [7, 11) is 0. The van der Waals surface area contributed by atoms with Gasteiger partial charge in [-0.2, -0.15) is 0 Å². The molecule has 0 heterocycles. The lowest BCUT2D eigenvalue weighted by Gasteiger charge is -2.41. The SMILES string of the molecule is ClC1C(Cl)C(Cl)C2(CC2)C(Cl)C1Cl. The molecule has 0 amide bonds. The third-order valence-corrected chi connectivity index (χ3v) is 6.61. The summed E-state index contributed by atoms with van der Waals surface area (Å²) in [5, 5.41) is -1.17. The monoisotopic (exact) mass is 280 g/mol. The predicted octanol–water partition coefficient (Wildman–Crippen LogP) is 3.82. The fourth-order valence-electron chi connectivity index (χ4n) is 1.98. The van der Waals surface area contributed by atoms with Crippen molar-refractivity contribution in [2.24, 2.45) is 5.41 Å². The molecule has 4 atom stereocenters. The van der Waals surface area contributed by atoms with Gasteiger partial charge in [0.25, 0.3) is 0 Å². The minimum absolute atomic E-state index is 0.0483. The topological polar surface area (TPSA) is 0 Å². The van der Waals surface area contributed by atoms with Crippen molar-refractivity contribution in [2.75, 3.05) is 0 Å². The number of hydrogen-bond acceptors (Lipinski definition) is 0. The molecule has 2 fully saturated rings. The Labute approximate surface area is 103 Å². The number of rotatable bonds is 0. The fraction of sp³-hybridized carbons (Fsp3) is 1.00. The zero-order valence-electron chi connectivity index (χ0n) is 6.69. The zero-order valence-corrected chi connectivity index (χ0v) is 10.5. The van der Waals surface area contributed by atoms with E-state index in [1.165, 1.54) is 0 Å². The molecule has 13 heavy (non-hydrogen) atoms. The van der Waals surface area contributed by atoms with Crippen molar-refractivity contribution in [3.8, 4) is 0 Å². The van der Waals surface area contributed by atoms with E-state index >= 15 is 0 Å². The molecule has 0 nitrogen and oxygen atoms in total. The lowest BCUT2D eigenvalue weighted by molar-refractivity contribution is 0.365. The Morgan fingerprint density at radius 3 is 1.38 bits per heavy atom. The van der Waals surface area contributed by atoms with Crippen LogP contribution in [-0.4, -0.2) is 26.9 Å². The molecular weight excluding hydrogens is 273 g/mol. The minimum Gasteiger partial charge on any atom is -0.121 e. The molecule has 2 aliphatic rings. The maximum atomic E-state index is 6.22. The van der Waals surface area contributed by atoms with Crippen molar-refractivity contribution in [1.29, 1.82) is 0 Å². The number of halogens is 5. The minimum atomic E-state index is -0.334. The van der Waals surface area contributed by atoms with Crippen LogP contribution in [-0.2, 0) is 0 Å². The van der Waals surface area contributed by atoms with Crippen molar-refractivity contribution in [1.82, 2.24) is 0 Å². The third kappa shape index (κ3) is 1.49. The van der Waals surface area contributed by atoms with Gasteiger partial charge in [0.1, 0.15) is 0 Å². The van der Waals surface area contributed by atoms with Gasteiger partial charge in [0.05, 0.1) is 26.9 Å². The van der Waals surface area contributed by atoms with Crippen LogP contribution in [0.15, 0.2) is 0 Å². The molecule has 0 aromatic carbocycles. The Balaban J connectivity index is 2.24. The molecule has 2 saturated carbocycles. The maximum absolute atomic E-state index is 6.22. The maximum Gasteiger partial charge on any atom is 0.0692 e. The van der Waals surface area contributed by atoms with Gasteiger partial charge in [-0.05, 0) is 12.8 Å². The van der Waals surface area contributed by atoms with Crippen LogP contribution < -0.4 is 0 Å². The third-order valence-electron chi connectivity index (χ3n) is 3.09. The van der Waals surface area contributed by atoms with Gasteiger partial charge >= 0.3 is 0 Å². The molecule has 2 rings (SSSR count). The molecule has 0 bridgehead atoms. The van der Waals surface area contributed by atoms with Crippen molar-refractivity contribution < 1.29 is 0 Å². The summed E-state index contributed by atoms with van der Waals surface area (Å²) >= 11 is 30.7. The van der Waals surface area contributed by atoms with Crippen molar-refractivity contribution in [3.63, 3.8) is 0 Å². The van der Waals surface area contributed by atoms with Gasteiger partial charge in [-0.25, -0.2) is 0 Å². The normalized spacial score (nSPS) is 53.8. The second-order valence-corrected chi connectivity index (χ2v) is 6.32. The predicted molar refractivity (Wildman–Crippen MR) is 59.9 cm³/mol. The highest BCUT2D eigenvalue weighted by Crippen LogP contribution is 2.62. The summed E-state index contributed by atoms with van der Waals surface area (Å²) in [5.74, 6) is 0. The summed E-state index contributed by atoms with van der Waals surface area (Å²) in [6, 6.07) is 0. The summed E-state index contributed by atoms with van der Waals surface area (Å²) in [4.78, 5) is 0. The summed E-state index contributed by atoms with van der Waals surface area (Å²) in [6.07, 6.45) is 2.04. The second kappa shape index (κ2) is 3.49. The number of alkyl halides is 5. The Morgan fingerprint density at radius 2 is 1.08 bits per heavy atom.